The number of methoxy groups -OCH3 is 1. The summed E-state index contributed by atoms with van der Waals surface area (Å²) >= 11 is 5.96. The summed E-state index contributed by atoms with van der Waals surface area (Å²) in [4.78, 5) is 10.8. The van der Waals surface area contributed by atoms with Gasteiger partial charge in [-0.1, -0.05) is 23.7 Å². The van der Waals surface area contributed by atoms with Crippen LogP contribution in [0.25, 0.3) is 0 Å². The Kier molecular flexibility index (Phi) is 5.95. The first-order valence-electron chi connectivity index (χ1n) is 8.36. The van der Waals surface area contributed by atoms with Crippen LogP contribution in [-0.2, 0) is 10.0 Å². The third-order valence-corrected chi connectivity index (χ3v) is 5.85. The van der Waals surface area contributed by atoms with Crippen molar-refractivity contribution < 1.29 is 23.1 Å². The molecule has 0 radical (unpaired) electrons. The van der Waals surface area contributed by atoms with Crippen LogP contribution in [0.4, 0.5) is 17.1 Å². The number of benzene rings is 3. The standard InChI is InChI=1S/C20H17ClN2O5S/c1-28-18-5-3-2-4-17(18)22-14-7-9-15(10-8-14)23-29(26,27)19-12-13(20(24)25)6-11-16(19)21/h2-12,22-23H,1H3,(H,24,25). The number of para-hydroxylation sites is 2. The van der Waals surface area contributed by atoms with Crippen molar-refractivity contribution >= 4 is 44.7 Å². The van der Waals surface area contributed by atoms with Gasteiger partial charge in [-0.25, -0.2) is 13.2 Å². The number of carbonyl (C=O) groups is 1. The fourth-order valence-corrected chi connectivity index (χ4v) is 4.16. The number of sulfonamides is 1. The van der Waals surface area contributed by atoms with Crippen molar-refractivity contribution in [1.82, 2.24) is 0 Å². The smallest absolute Gasteiger partial charge is 0.335 e. The van der Waals surface area contributed by atoms with Gasteiger partial charge in [-0.05, 0) is 54.6 Å². The number of carboxylic acids is 1. The molecule has 0 amide bonds. The molecule has 0 saturated heterocycles. The highest BCUT2D eigenvalue weighted by Crippen LogP contribution is 2.29. The molecule has 7 nitrogen and oxygen atoms in total. The fourth-order valence-electron chi connectivity index (χ4n) is 2.58. The molecule has 3 aromatic rings. The lowest BCUT2D eigenvalue weighted by molar-refractivity contribution is 0.0696. The van der Waals surface area contributed by atoms with E-state index in [4.69, 9.17) is 21.4 Å². The predicted molar refractivity (Wildman–Crippen MR) is 112 cm³/mol. The molecule has 0 aromatic heterocycles. The number of hydrogen-bond donors (Lipinski definition) is 3. The highest BCUT2D eigenvalue weighted by Gasteiger charge is 2.20. The Hall–Kier alpha value is -3.23. The Morgan fingerprint density at radius 3 is 2.31 bits per heavy atom. The minimum atomic E-state index is -4.07. The Morgan fingerprint density at radius 2 is 1.66 bits per heavy atom. The monoisotopic (exact) mass is 432 g/mol. The van der Waals surface area contributed by atoms with Crippen molar-refractivity contribution in [2.24, 2.45) is 0 Å². The molecule has 3 N–H and O–H groups in total. The van der Waals surface area contributed by atoms with Gasteiger partial charge in [-0.2, -0.15) is 0 Å². The van der Waals surface area contributed by atoms with Crippen molar-refractivity contribution in [2.45, 2.75) is 4.90 Å². The molecule has 0 aliphatic heterocycles. The lowest BCUT2D eigenvalue weighted by Crippen LogP contribution is -2.14. The number of anilines is 3. The maximum absolute atomic E-state index is 12.6. The molecule has 0 atom stereocenters. The summed E-state index contributed by atoms with van der Waals surface area (Å²) in [6.07, 6.45) is 0. The van der Waals surface area contributed by atoms with Crippen LogP contribution in [0.1, 0.15) is 10.4 Å². The van der Waals surface area contributed by atoms with E-state index in [1.807, 2.05) is 24.3 Å². The molecule has 0 bridgehead atoms. The minimum Gasteiger partial charge on any atom is -0.495 e. The summed E-state index contributed by atoms with van der Waals surface area (Å²) in [7, 11) is -2.50. The first kappa shape index (κ1) is 20.5. The van der Waals surface area contributed by atoms with Gasteiger partial charge in [0, 0.05) is 11.4 Å². The van der Waals surface area contributed by atoms with Gasteiger partial charge in [0.15, 0.2) is 0 Å². The Morgan fingerprint density at radius 1 is 1.00 bits per heavy atom. The second-order valence-corrected chi connectivity index (χ2v) is 8.02. The first-order valence-corrected chi connectivity index (χ1v) is 10.2. The van der Waals surface area contributed by atoms with Crippen molar-refractivity contribution in [3.8, 4) is 5.75 Å². The molecule has 3 aromatic carbocycles. The van der Waals surface area contributed by atoms with Crippen molar-refractivity contribution in [3.05, 3.63) is 77.3 Å². The first-order chi connectivity index (χ1) is 13.8. The van der Waals surface area contributed by atoms with Crippen LogP contribution in [0.15, 0.2) is 71.6 Å². The third kappa shape index (κ3) is 4.79. The summed E-state index contributed by atoms with van der Waals surface area (Å²) in [5.41, 5.74) is 1.61. The van der Waals surface area contributed by atoms with Gasteiger partial charge >= 0.3 is 5.97 Å². The van der Waals surface area contributed by atoms with E-state index in [2.05, 4.69) is 10.0 Å². The van der Waals surface area contributed by atoms with Crippen LogP contribution in [-0.4, -0.2) is 26.6 Å². The molecule has 0 heterocycles. The van der Waals surface area contributed by atoms with Gasteiger partial charge < -0.3 is 15.2 Å². The average Bonchev–Trinajstić information content (AvgIpc) is 2.69. The molecule has 0 aliphatic carbocycles. The molecule has 0 unspecified atom stereocenters. The minimum absolute atomic E-state index is 0.0723. The molecular formula is C20H17ClN2O5S. The number of rotatable bonds is 7. The molecule has 9 heteroatoms. The topological polar surface area (TPSA) is 105 Å². The van der Waals surface area contributed by atoms with E-state index < -0.39 is 16.0 Å². The summed E-state index contributed by atoms with van der Waals surface area (Å²) in [5.74, 6) is -0.574. The van der Waals surface area contributed by atoms with Crippen LogP contribution in [0.3, 0.4) is 0 Å². The van der Waals surface area contributed by atoms with Crippen LogP contribution in [0.2, 0.25) is 5.02 Å². The van der Waals surface area contributed by atoms with Gasteiger partial charge in [0.25, 0.3) is 10.0 Å². The number of ether oxygens (including phenoxy) is 1. The third-order valence-electron chi connectivity index (χ3n) is 3.99. The van der Waals surface area contributed by atoms with E-state index in [1.54, 1.807) is 31.4 Å². The van der Waals surface area contributed by atoms with Crippen molar-refractivity contribution in [2.75, 3.05) is 17.1 Å². The van der Waals surface area contributed by atoms with Gasteiger partial charge in [0.2, 0.25) is 0 Å². The van der Waals surface area contributed by atoms with Gasteiger partial charge in [-0.15, -0.1) is 0 Å². The largest absolute Gasteiger partial charge is 0.495 e. The van der Waals surface area contributed by atoms with Crippen molar-refractivity contribution in [3.63, 3.8) is 0 Å². The highest BCUT2D eigenvalue weighted by atomic mass is 35.5. The van der Waals surface area contributed by atoms with Gasteiger partial charge in [-0.3, -0.25) is 4.72 Å². The fraction of sp³-hybridized carbons (Fsp3) is 0.0500. The summed E-state index contributed by atoms with van der Waals surface area (Å²) in [6, 6.07) is 17.4. The molecule has 3 rings (SSSR count). The van der Waals surface area contributed by atoms with E-state index >= 15 is 0 Å². The molecule has 0 aliphatic rings. The summed E-state index contributed by atoms with van der Waals surface area (Å²) in [6.45, 7) is 0. The predicted octanol–water partition coefficient (Wildman–Crippen LogP) is 4.59. The number of halogens is 1. The van der Waals surface area contributed by atoms with E-state index in [1.165, 1.54) is 12.1 Å². The molecule has 150 valence electrons. The van der Waals surface area contributed by atoms with E-state index in [-0.39, 0.29) is 15.5 Å². The normalized spacial score (nSPS) is 11.0. The SMILES string of the molecule is COc1ccccc1Nc1ccc(NS(=O)(=O)c2cc(C(=O)O)ccc2Cl)cc1. The number of aromatic carboxylic acids is 1. The molecular weight excluding hydrogens is 416 g/mol. The van der Waals surface area contributed by atoms with Crippen LogP contribution >= 0.6 is 11.6 Å². The summed E-state index contributed by atoms with van der Waals surface area (Å²) < 4.78 is 33.0. The zero-order valence-electron chi connectivity index (χ0n) is 15.2. The molecule has 0 saturated carbocycles. The highest BCUT2D eigenvalue weighted by molar-refractivity contribution is 7.92. The van der Waals surface area contributed by atoms with Crippen LogP contribution in [0.5, 0.6) is 5.75 Å². The zero-order chi connectivity index (χ0) is 21.0. The maximum Gasteiger partial charge on any atom is 0.335 e. The van der Waals surface area contributed by atoms with Gasteiger partial charge in [0.05, 0.1) is 23.4 Å². The Bertz CT molecular complexity index is 1150. The Balaban J connectivity index is 1.80. The zero-order valence-corrected chi connectivity index (χ0v) is 16.8. The van der Waals surface area contributed by atoms with Gasteiger partial charge in [0.1, 0.15) is 10.6 Å². The Labute approximate surface area is 173 Å². The summed E-state index contributed by atoms with van der Waals surface area (Å²) in [5, 5.41) is 12.2. The number of carboxylic acid groups (broad SMARTS) is 1. The van der Waals surface area contributed by atoms with Crippen LogP contribution < -0.4 is 14.8 Å². The quantitative estimate of drug-likeness (QED) is 0.504. The van der Waals surface area contributed by atoms with Crippen LogP contribution in [0, 0.1) is 0 Å². The molecule has 0 spiro atoms. The maximum atomic E-state index is 12.6. The second-order valence-electron chi connectivity index (χ2n) is 5.96. The number of hydrogen-bond acceptors (Lipinski definition) is 5. The molecule has 0 fully saturated rings. The molecule has 29 heavy (non-hydrogen) atoms. The van der Waals surface area contributed by atoms with Crippen molar-refractivity contribution in [1.29, 1.82) is 0 Å². The van der Waals surface area contributed by atoms with E-state index in [0.29, 0.717) is 11.4 Å². The lowest BCUT2D eigenvalue weighted by atomic mass is 10.2. The average molecular weight is 433 g/mol. The lowest BCUT2D eigenvalue weighted by Gasteiger charge is -2.13. The number of nitrogens with one attached hydrogen (secondary N) is 2. The van der Waals surface area contributed by atoms with E-state index in [9.17, 15) is 13.2 Å². The second kappa shape index (κ2) is 8.42. The van der Waals surface area contributed by atoms with E-state index in [0.717, 1.165) is 17.4 Å².